The molecule has 0 atom stereocenters. The van der Waals surface area contributed by atoms with E-state index in [-0.39, 0.29) is 5.71 Å². The van der Waals surface area contributed by atoms with Crippen LogP contribution < -0.4 is 0 Å². The van der Waals surface area contributed by atoms with Crippen LogP contribution in [0, 0.1) is 0 Å². The molecule has 0 amide bonds. The van der Waals surface area contributed by atoms with Crippen LogP contribution in [0.4, 0.5) is 4.79 Å². The number of carbonyl (C=O) groups is 1. The maximum absolute atomic E-state index is 11.3. The molecule has 0 saturated heterocycles. The van der Waals surface area contributed by atoms with Crippen molar-refractivity contribution in [1.82, 2.24) is 0 Å². The van der Waals surface area contributed by atoms with Gasteiger partial charge in [-0.05, 0) is 12.3 Å². The molecule has 0 rings (SSSR count). The number of rotatable bonds is 5. The van der Waals surface area contributed by atoms with Crippen molar-refractivity contribution in [3.05, 3.63) is 0 Å². The highest BCUT2D eigenvalue weighted by atomic mass is 32.4. The lowest BCUT2D eigenvalue weighted by Crippen LogP contribution is -2.06. The van der Waals surface area contributed by atoms with Crippen LogP contribution in [0.5, 0.6) is 0 Å². The molecule has 0 fully saturated rings. The van der Waals surface area contributed by atoms with Crippen LogP contribution in [0.2, 0.25) is 0 Å². The van der Waals surface area contributed by atoms with Crippen LogP contribution in [-0.4, -0.2) is 25.1 Å². The molecule has 0 spiro atoms. The van der Waals surface area contributed by atoms with Gasteiger partial charge in [0.1, 0.15) is 0 Å². The van der Waals surface area contributed by atoms with Crippen LogP contribution in [0.3, 0.4) is 0 Å². The summed E-state index contributed by atoms with van der Waals surface area (Å²) < 4.78 is 4.73. The minimum absolute atomic E-state index is 0.138. The van der Waals surface area contributed by atoms with E-state index in [1.807, 2.05) is 0 Å². The van der Waals surface area contributed by atoms with Crippen LogP contribution in [-0.2, 0) is 16.5 Å². The summed E-state index contributed by atoms with van der Waals surface area (Å²) in [5, 5.41) is 0. The maximum Gasteiger partial charge on any atom is 0.335 e. The number of hydrogen-bond acceptors (Lipinski definition) is 3. The minimum atomic E-state index is -1.84. The normalized spacial score (nSPS) is 11.2. The number of hydrogen-bond donors (Lipinski definition) is 0. The number of methoxy groups -OCH3 is 1. The Morgan fingerprint density at radius 2 is 1.75 bits per heavy atom. The van der Waals surface area contributed by atoms with E-state index >= 15 is 0 Å². The average Bonchev–Trinajstić information content (AvgIpc) is 2.04. The zero-order chi connectivity index (χ0) is 9.61. The molecule has 0 aliphatic carbocycles. The molecule has 72 valence electrons. The summed E-state index contributed by atoms with van der Waals surface area (Å²) >= 11 is 5.36. The predicted molar refractivity (Wildman–Crippen MR) is 57.0 cm³/mol. The van der Waals surface area contributed by atoms with Crippen molar-refractivity contribution in [2.24, 2.45) is 0 Å². The molecule has 12 heavy (non-hydrogen) atoms. The Hall–Kier alpha value is 0.120. The lowest BCUT2D eigenvalue weighted by Gasteiger charge is -2.17. The first kappa shape index (κ1) is 12.1. The van der Waals surface area contributed by atoms with E-state index in [0.29, 0.717) is 0 Å². The molecule has 0 bridgehead atoms. The fraction of sp³-hybridized carbons (Fsp3) is 0.875. The van der Waals surface area contributed by atoms with E-state index in [9.17, 15) is 4.79 Å². The van der Waals surface area contributed by atoms with Crippen molar-refractivity contribution in [1.29, 1.82) is 0 Å². The first-order chi connectivity index (χ1) is 5.60. The highest BCUT2D eigenvalue weighted by Gasteiger charge is 2.24. The van der Waals surface area contributed by atoms with Gasteiger partial charge >= 0.3 is 5.71 Å². The third-order valence-corrected chi connectivity index (χ3v) is 6.41. The lowest BCUT2D eigenvalue weighted by molar-refractivity contribution is 0.198. The van der Waals surface area contributed by atoms with Gasteiger partial charge in [-0.1, -0.05) is 38.5 Å². The van der Waals surface area contributed by atoms with Gasteiger partial charge in [-0.15, -0.1) is 0 Å². The smallest absolute Gasteiger partial charge is 0.335 e. The molecule has 0 N–H and O–H groups in total. The van der Waals surface area contributed by atoms with Gasteiger partial charge in [-0.2, -0.15) is 0 Å². The van der Waals surface area contributed by atoms with Crippen molar-refractivity contribution in [2.45, 2.75) is 26.7 Å². The molecular formula is C8H17O2PS. The maximum atomic E-state index is 11.3. The zero-order valence-corrected chi connectivity index (χ0v) is 9.71. The predicted octanol–water partition coefficient (Wildman–Crippen LogP) is 3.05. The number of carbonyl (C=O) groups excluding carboxylic acids is 1. The molecule has 0 radical (unpaired) electrons. The van der Waals surface area contributed by atoms with Gasteiger partial charge in [0, 0.05) is 0 Å². The fourth-order valence-electron chi connectivity index (χ4n) is 1.18. The van der Waals surface area contributed by atoms with Gasteiger partial charge in [-0.3, -0.25) is 0 Å². The first-order valence-corrected chi connectivity index (χ1v) is 7.44. The van der Waals surface area contributed by atoms with Crippen LogP contribution >= 0.6 is 6.04 Å². The van der Waals surface area contributed by atoms with E-state index < -0.39 is 6.04 Å². The molecule has 0 aromatic heterocycles. The van der Waals surface area contributed by atoms with Crippen LogP contribution in [0.25, 0.3) is 0 Å². The third-order valence-electron chi connectivity index (χ3n) is 1.68. The second kappa shape index (κ2) is 5.71. The molecule has 2 nitrogen and oxygen atoms in total. The molecule has 0 aliphatic rings. The van der Waals surface area contributed by atoms with Gasteiger partial charge in [0.05, 0.1) is 13.1 Å². The molecule has 0 aliphatic heterocycles. The summed E-state index contributed by atoms with van der Waals surface area (Å²) in [6, 6.07) is -1.84. The highest BCUT2D eigenvalue weighted by Crippen LogP contribution is 2.48. The molecule has 0 heterocycles. The summed E-state index contributed by atoms with van der Waals surface area (Å²) in [6.07, 6.45) is 3.66. The van der Waals surface area contributed by atoms with Crippen molar-refractivity contribution in [3.63, 3.8) is 0 Å². The van der Waals surface area contributed by atoms with Gasteiger partial charge in [0.15, 0.2) is 0 Å². The van der Waals surface area contributed by atoms with Crippen molar-refractivity contribution in [3.8, 4) is 0 Å². The van der Waals surface area contributed by atoms with Gasteiger partial charge in [-0.25, -0.2) is 4.79 Å². The molecule has 0 aromatic carbocycles. The van der Waals surface area contributed by atoms with Gasteiger partial charge < -0.3 is 4.74 Å². The van der Waals surface area contributed by atoms with E-state index in [1.54, 1.807) is 0 Å². The Labute approximate surface area is 79.7 Å². The zero-order valence-electron chi connectivity index (χ0n) is 8.00. The van der Waals surface area contributed by atoms with E-state index in [1.165, 1.54) is 7.11 Å². The molecule has 0 aromatic rings. The molecular weight excluding hydrogens is 191 g/mol. The standard InChI is InChI=1S/C8H17O2PS/c1-4-6-11(12,7-5-2)8(9)10-3/h4-7H2,1-3H3. The Bertz CT molecular complexity index is 181. The van der Waals surface area contributed by atoms with E-state index in [2.05, 4.69) is 13.8 Å². The van der Waals surface area contributed by atoms with Crippen LogP contribution in [0.15, 0.2) is 0 Å². The van der Waals surface area contributed by atoms with E-state index in [0.717, 1.165) is 25.2 Å². The quantitative estimate of drug-likeness (QED) is 0.649. The Balaban J connectivity index is 4.38. The highest BCUT2D eigenvalue weighted by molar-refractivity contribution is 8.22. The van der Waals surface area contributed by atoms with Gasteiger partial charge in [0.25, 0.3) is 0 Å². The largest absolute Gasteiger partial charge is 0.465 e. The second-order valence-electron chi connectivity index (χ2n) is 2.81. The SMILES string of the molecule is CCCP(=S)(CCC)C(=O)OC. The monoisotopic (exact) mass is 208 g/mol. The van der Waals surface area contributed by atoms with E-state index in [4.69, 9.17) is 16.5 Å². The number of ether oxygens (including phenoxy) is 1. The summed E-state index contributed by atoms with van der Waals surface area (Å²) in [5.41, 5.74) is -0.138. The van der Waals surface area contributed by atoms with Crippen molar-refractivity contribution < 1.29 is 9.53 Å². The average molecular weight is 208 g/mol. The van der Waals surface area contributed by atoms with Crippen LogP contribution in [0.1, 0.15) is 26.7 Å². The second-order valence-corrected chi connectivity index (χ2v) is 7.94. The Kier molecular flexibility index (Phi) is 5.77. The summed E-state index contributed by atoms with van der Waals surface area (Å²) in [6.45, 7) is 4.11. The minimum Gasteiger partial charge on any atom is -0.465 e. The topological polar surface area (TPSA) is 26.3 Å². The van der Waals surface area contributed by atoms with Crippen molar-refractivity contribution in [2.75, 3.05) is 19.4 Å². The fourth-order valence-corrected chi connectivity index (χ4v) is 4.87. The summed E-state index contributed by atoms with van der Waals surface area (Å²) in [5.74, 6) is 0. The molecule has 0 unspecified atom stereocenters. The summed E-state index contributed by atoms with van der Waals surface area (Å²) in [7, 11) is 1.43. The lowest BCUT2D eigenvalue weighted by atomic mass is 10.6. The molecule has 0 saturated carbocycles. The third kappa shape index (κ3) is 3.24. The Morgan fingerprint density at radius 3 is 2.00 bits per heavy atom. The van der Waals surface area contributed by atoms with Gasteiger partial charge in [0.2, 0.25) is 0 Å². The Morgan fingerprint density at radius 1 is 1.33 bits per heavy atom. The van der Waals surface area contributed by atoms with Crippen molar-refractivity contribution >= 4 is 23.6 Å². The summed E-state index contributed by atoms with van der Waals surface area (Å²) in [4.78, 5) is 11.3. The molecule has 4 heteroatoms. The first-order valence-electron chi connectivity index (χ1n) is 4.27.